The summed E-state index contributed by atoms with van der Waals surface area (Å²) in [5.41, 5.74) is 0. The summed E-state index contributed by atoms with van der Waals surface area (Å²) in [5.74, 6) is 0. The highest BCUT2D eigenvalue weighted by Crippen LogP contribution is 2.20. The third-order valence-corrected chi connectivity index (χ3v) is 3.31. The molecule has 0 bridgehead atoms. The minimum atomic E-state index is -0.530. The van der Waals surface area contributed by atoms with Crippen molar-refractivity contribution in [2.75, 3.05) is 33.5 Å². The molecule has 0 aromatic carbocycles. The Bertz CT molecular complexity index is 189. The van der Waals surface area contributed by atoms with E-state index in [1.165, 1.54) is 19.3 Å². The Kier molecular flexibility index (Phi) is 8.54. The van der Waals surface area contributed by atoms with Gasteiger partial charge in [0.15, 0.2) is 0 Å². The molecule has 1 rings (SSSR count). The van der Waals surface area contributed by atoms with Gasteiger partial charge < -0.3 is 25.0 Å². The number of ether oxygens (including phenoxy) is 2. The Morgan fingerprint density at radius 3 is 2.56 bits per heavy atom. The van der Waals surface area contributed by atoms with E-state index in [0.717, 1.165) is 12.8 Å². The van der Waals surface area contributed by atoms with Gasteiger partial charge in [-0.05, 0) is 12.8 Å². The molecule has 5 nitrogen and oxygen atoms in total. The normalized spacial score (nSPS) is 20.8. The highest BCUT2D eigenvalue weighted by atomic mass is 16.5. The average Bonchev–Trinajstić information content (AvgIpc) is 2.42. The second-order valence-electron chi connectivity index (χ2n) is 4.99. The van der Waals surface area contributed by atoms with Crippen LogP contribution >= 0.6 is 0 Å². The number of aliphatic hydroxyl groups excluding tert-OH is 2. The smallest absolute Gasteiger partial charge is 0.0897 e. The van der Waals surface area contributed by atoms with Gasteiger partial charge in [0.25, 0.3) is 0 Å². The lowest BCUT2D eigenvalue weighted by molar-refractivity contribution is -0.0248. The van der Waals surface area contributed by atoms with E-state index in [2.05, 4.69) is 5.32 Å². The van der Waals surface area contributed by atoms with Crippen molar-refractivity contribution in [2.24, 2.45) is 0 Å². The quantitative estimate of drug-likeness (QED) is 0.556. The van der Waals surface area contributed by atoms with Gasteiger partial charge in [-0.15, -0.1) is 0 Å². The lowest BCUT2D eigenvalue weighted by atomic mass is 9.98. The van der Waals surface area contributed by atoms with Crippen molar-refractivity contribution in [3.05, 3.63) is 0 Å². The van der Waals surface area contributed by atoms with Crippen LogP contribution in [-0.2, 0) is 9.47 Å². The van der Waals surface area contributed by atoms with Crippen LogP contribution in [0.2, 0.25) is 0 Å². The Hall–Kier alpha value is -0.200. The van der Waals surface area contributed by atoms with Crippen LogP contribution < -0.4 is 5.32 Å². The van der Waals surface area contributed by atoms with Crippen LogP contribution in [0.15, 0.2) is 0 Å². The first-order valence-corrected chi connectivity index (χ1v) is 6.89. The first-order valence-electron chi connectivity index (χ1n) is 6.89. The van der Waals surface area contributed by atoms with Gasteiger partial charge in [0.2, 0.25) is 0 Å². The summed E-state index contributed by atoms with van der Waals surface area (Å²) in [4.78, 5) is 0. The fraction of sp³-hybridized carbons (Fsp3) is 1.00. The van der Waals surface area contributed by atoms with E-state index in [9.17, 15) is 5.11 Å². The van der Waals surface area contributed by atoms with E-state index in [0.29, 0.717) is 25.9 Å². The molecule has 0 aromatic rings. The average molecular weight is 261 g/mol. The molecule has 0 radical (unpaired) electrons. The number of methoxy groups -OCH3 is 1. The zero-order valence-corrected chi connectivity index (χ0v) is 11.3. The van der Waals surface area contributed by atoms with Crippen molar-refractivity contribution in [3.63, 3.8) is 0 Å². The van der Waals surface area contributed by atoms with Crippen molar-refractivity contribution in [1.29, 1.82) is 0 Å². The van der Waals surface area contributed by atoms with E-state index < -0.39 is 6.10 Å². The molecule has 2 unspecified atom stereocenters. The standard InChI is InChI=1S/C13H27NO4/c1-17-9-11(8-15)14-7-12(16)10-18-13-5-3-2-4-6-13/h11-16H,2-10H2,1H3. The fourth-order valence-electron chi connectivity index (χ4n) is 2.22. The van der Waals surface area contributed by atoms with Crippen LogP contribution in [0.4, 0.5) is 0 Å². The molecule has 0 spiro atoms. The largest absolute Gasteiger partial charge is 0.395 e. The third-order valence-electron chi connectivity index (χ3n) is 3.31. The van der Waals surface area contributed by atoms with Crippen LogP contribution in [0.3, 0.4) is 0 Å². The number of aliphatic hydroxyl groups is 2. The first-order chi connectivity index (χ1) is 8.76. The molecule has 1 aliphatic rings. The van der Waals surface area contributed by atoms with Crippen LogP contribution in [0.5, 0.6) is 0 Å². The zero-order chi connectivity index (χ0) is 13.2. The minimum Gasteiger partial charge on any atom is -0.395 e. The van der Waals surface area contributed by atoms with Crippen LogP contribution in [0.1, 0.15) is 32.1 Å². The van der Waals surface area contributed by atoms with E-state index >= 15 is 0 Å². The van der Waals surface area contributed by atoms with Crippen molar-refractivity contribution in [3.8, 4) is 0 Å². The lowest BCUT2D eigenvalue weighted by Gasteiger charge is -2.24. The predicted molar refractivity (Wildman–Crippen MR) is 69.6 cm³/mol. The zero-order valence-electron chi connectivity index (χ0n) is 11.3. The van der Waals surface area contributed by atoms with Crippen LogP contribution in [0.25, 0.3) is 0 Å². The predicted octanol–water partition coefficient (Wildman–Crippen LogP) is 0.294. The van der Waals surface area contributed by atoms with Crippen molar-refractivity contribution in [2.45, 2.75) is 50.4 Å². The van der Waals surface area contributed by atoms with Crippen molar-refractivity contribution >= 4 is 0 Å². The van der Waals surface area contributed by atoms with Crippen molar-refractivity contribution < 1.29 is 19.7 Å². The van der Waals surface area contributed by atoms with Gasteiger partial charge in [0.05, 0.1) is 38.1 Å². The summed E-state index contributed by atoms with van der Waals surface area (Å²) in [6.07, 6.45) is 5.79. The van der Waals surface area contributed by atoms with E-state index in [-0.39, 0.29) is 12.6 Å². The Morgan fingerprint density at radius 2 is 1.94 bits per heavy atom. The topological polar surface area (TPSA) is 71.0 Å². The number of hydrogen-bond donors (Lipinski definition) is 3. The van der Waals surface area contributed by atoms with Gasteiger partial charge in [0, 0.05) is 13.7 Å². The SMILES string of the molecule is COCC(CO)NCC(O)COC1CCCCC1. The molecule has 1 saturated carbocycles. The van der Waals surface area contributed by atoms with E-state index in [4.69, 9.17) is 14.6 Å². The molecular weight excluding hydrogens is 234 g/mol. The molecule has 2 atom stereocenters. The Labute approximate surface area is 109 Å². The fourth-order valence-corrected chi connectivity index (χ4v) is 2.22. The van der Waals surface area contributed by atoms with Crippen molar-refractivity contribution in [1.82, 2.24) is 5.32 Å². The lowest BCUT2D eigenvalue weighted by Crippen LogP contribution is -2.42. The number of nitrogens with one attached hydrogen (secondary N) is 1. The van der Waals surface area contributed by atoms with Gasteiger partial charge in [0.1, 0.15) is 0 Å². The monoisotopic (exact) mass is 261 g/mol. The van der Waals surface area contributed by atoms with Gasteiger partial charge in [-0.25, -0.2) is 0 Å². The molecule has 0 amide bonds. The highest BCUT2D eigenvalue weighted by molar-refractivity contribution is 4.70. The van der Waals surface area contributed by atoms with Gasteiger partial charge >= 0.3 is 0 Å². The minimum absolute atomic E-state index is 0.00401. The highest BCUT2D eigenvalue weighted by Gasteiger charge is 2.16. The maximum Gasteiger partial charge on any atom is 0.0897 e. The summed E-state index contributed by atoms with van der Waals surface area (Å²) in [7, 11) is 1.59. The molecule has 0 heterocycles. The molecular formula is C13H27NO4. The van der Waals surface area contributed by atoms with Crippen LogP contribution in [0, 0.1) is 0 Å². The molecule has 0 saturated heterocycles. The second-order valence-corrected chi connectivity index (χ2v) is 4.99. The Morgan fingerprint density at radius 1 is 1.22 bits per heavy atom. The summed E-state index contributed by atoms with van der Waals surface area (Å²) in [6.45, 7) is 1.22. The Balaban J connectivity index is 2.06. The maximum atomic E-state index is 9.78. The molecule has 5 heteroatoms. The first kappa shape index (κ1) is 15.9. The molecule has 1 aliphatic carbocycles. The summed E-state index contributed by atoms with van der Waals surface area (Å²) < 4.78 is 10.6. The number of rotatable bonds is 9. The molecule has 108 valence electrons. The van der Waals surface area contributed by atoms with E-state index in [1.807, 2.05) is 0 Å². The van der Waals surface area contributed by atoms with E-state index in [1.54, 1.807) is 7.11 Å². The van der Waals surface area contributed by atoms with Gasteiger partial charge in [-0.2, -0.15) is 0 Å². The van der Waals surface area contributed by atoms with Crippen LogP contribution in [-0.4, -0.2) is 61.9 Å². The van der Waals surface area contributed by atoms with Gasteiger partial charge in [-0.1, -0.05) is 19.3 Å². The summed E-state index contributed by atoms with van der Waals surface area (Å²) >= 11 is 0. The van der Waals surface area contributed by atoms with Gasteiger partial charge in [-0.3, -0.25) is 0 Å². The molecule has 0 aliphatic heterocycles. The maximum absolute atomic E-state index is 9.78. The molecule has 3 N–H and O–H groups in total. The second kappa shape index (κ2) is 9.69. The molecule has 1 fully saturated rings. The molecule has 18 heavy (non-hydrogen) atoms. The summed E-state index contributed by atoms with van der Waals surface area (Å²) in [6, 6.07) is -0.126. The molecule has 0 aromatic heterocycles. The number of hydrogen-bond acceptors (Lipinski definition) is 5. The third kappa shape index (κ3) is 6.66. The summed E-state index contributed by atoms with van der Waals surface area (Å²) in [5, 5.41) is 21.9.